The number of aliphatic hydroxyl groups is 1. The summed E-state index contributed by atoms with van der Waals surface area (Å²) in [5, 5.41) is 12.3. The highest BCUT2D eigenvalue weighted by Gasteiger charge is 2.62. The maximum Gasteiger partial charge on any atom is 0.432 e. The van der Waals surface area contributed by atoms with Crippen LogP contribution in [0, 0.1) is 0 Å². The Balaban J connectivity index is 3.35. The Labute approximate surface area is 137 Å². The van der Waals surface area contributed by atoms with Crippen LogP contribution in [0.15, 0.2) is 24.3 Å². The number of urea groups is 1. The molecule has 1 rings (SSSR count). The molecule has 0 aromatic heterocycles. The van der Waals surface area contributed by atoms with Crippen molar-refractivity contribution in [3.8, 4) is 0 Å². The van der Waals surface area contributed by atoms with Crippen LogP contribution in [0.4, 0.5) is 23.7 Å². The first kappa shape index (κ1) is 19.8. The van der Waals surface area contributed by atoms with Gasteiger partial charge in [0.1, 0.15) is 0 Å². The van der Waals surface area contributed by atoms with Crippen molar-refractivity contribution in [2.45, 2.75) is 31.7 Å². The van der Waals surface area contributed by atoms with Crippen molar-refractivity contribution in [3.05, 3.63) is 29.8 Å². The Morgan fingerprint density at radius 2 is 1.71 bits per heavy atom. The lowest BCUT2D eigenvalue weighted by atomic mass is 9.93. The lowest BCUT2D eigenvalue weighted by molar-refractivity contribution is -0.266. The van der Waals surface area contributed by atoms with Crippen molar-refractivity contribution in [2.75, 3.05) is 19.1 Å². The number of hydrogen-bond donors (Lipinski definition) is 2. The second-order valence-corrected chi connectivity index (χ2v) is 5.27. The van der Waals surface area contributed by atoms with Crippen molar-refractivity contribution in [3.63, 3.8) is 0 Å². The van der Waals surface area contributed by atoms with E-state index >= 15 is 0 Å². The van der Waals surface area contributed by atoms with E-state index in [0.717, 1.165) is 19.2 Å². The summed E-state index contributed by atoms with van der Waals surface area (Å²) in [6.07, 6.45) is -5.26. The van der Waals surface area contributed by atoms with E-state index < -0.39 is 29.3 Å². The van der Waals surface area contributed by atoms with Crippen LogP contribution in [-0.2, 0) is 15.1 Å². The van der Waals surface area contributed by atoms with Crippen LogP contribution < -0.4 is 10.2 Å². The fourth-order valence-corrected chi connectivity index (χ4v) is 2.18. The van der Waals surface area contributed by atoms with Gasteiger partial charge in [-0.3, -0.25) is 4.90 Å². The summed E-state index contributed by atoms with van der Waals surface area (Å²) in [6.45, 7) is 3.45. The fourth-order valence-electron chi connectivity index (χ4n) is 2.18. The Morgan fingerprint density at radius 3 is 2.04 bits per heavy atom. The minimum atomic E-state index is -5.26. The van der Waals surface area contributed by atoms with Gasteiger partial charge in [-0.1, -0.05) is 12.1 Å². The van der Waals surface area contributed by atoms with Gasteiger partial charge in [0.15, 0.2) is 0 Å². The molecule has 2 N–H and O–H groups in total. The number of ether oxygens (including phenoxy) is 1. The van der Waals surface area contributed by atoms with Crippen LogP contribution in [0.3, 0.4) is 0 Å². The van der Waals surface area contributed by atoms with Gasteiger partial charge in [-0.15, -0.1) is 0 Å². The van der Waals surface area contributed by atoms with Crippen LogP contribution in [0.1, 0.15) is 19.4 Å². The predicted molar refractivity (Wildman–Crippen MR) is 80.5 cm³/mol. The monoisotopic (exact) mass is 348 g/mol. The number of hydrogen-bond acceptors (Lipinski definition) is 4. The van der Waals surface area contributed by atoms with E-state index in [1.807, 2.05) is 0 Å². The molecule has 134 valence electrons. The van der Waals surface area contributed by atoms with Crippen molar-refractivity contribution >= 4 is 17.7 Å². The average Bonchev–Trinajstić information content (AvgIpc) is 2.52. The number of nitrogens with zero attached hydrogens (tertiary/aromatic N) is 1. The van der Waals surface area contributed by atoms with E-state index in [4.69, 9.17) is 0 Å². The molecule has 0 aliphatic carbocycles. The summed E-state index contributed by atoms with van der Waals surface area (Å²) in [5.74, 6) is -1.84. The molecular formula is C15H19F3N2O4. The van der Waals surface area contributed by atoms with Gasteiger partial charge in [-0.05, 0) is 26.0 Å². The van der Waals surface area contributed by atoms with Crippen LogP contribution >= 0.6 is 0 Å². The van der Waals surface area contributed by atoms with Crippen molar-refractivity contribution < 1.29 is 32.6 Å². The number of benzene rings is 1. The van der Waals surface area contributed by atoms with Crippen molar-refractivity contribution in [1.82, 2.24) is 5.32 Å². The third kappa shape index (κ3) is 3.45. The van der Waals surface area contributed by atoms with Gasteiger partial charge in [0.05, 0.1) is 7.11 Å². The van der Waals surface area contributed by atoms with Crippen LogP contribution in [-0.4, -0.2) is 43.5 Å². The molecule has 2 amide bonds. The van der Waals surface area contributed by atoms with Crippen molar-refractivity contribution in [1.29, 1.82) is 0 Å². The van der Waals surface area contributed by atoms with Gasteiger partial charge in [-0.25, -0.2) is 9.59 Å². The van der Waals surface area contributed by atoms with Gasteiger partial charge in [0.25, 0.3) is 5.60 Å². The third-order valence-corrected chi connectivity index (χ3v) is 3.40. The van der Waals surface area contributed by atoms with Crippen LogP contribution in [0.2, 0.25) is 0 Å². The van der Waals surface area contributed by atoms with Gasteiger partial charge in [0, 0.05) is 24.3 Å². The largest absolute Gasteiger partial charge is 0.466 e. The summed E-state index contributed by atoms with van der Waals surface area (Å²) in [5.41, 5.74) is -4.18. The number of esters is 1. The first-order chi connectivity index (χ1) is 11.0. The minimum Gasteiger partial charge on any atom is -0.466 e. The molecule has 9 heteroatoms. The van der Waals surface area contributed by atoms with E-state index in [1.165, 1.54) is 24.1 Å². The maximum atomic E-state index is 13.2. The second kappa shape index (κ2) is 7.08. The molecule has 6 nitrogen and oxygen atoms in total. The number of amides is 2. The molecule has 24 heavy (non-hydrogen) atoms. The van der Waals surface area contributed by atoms with E-state index in [1.54, 1.807) is 13.8 Å². The average molecular weight is 348 g/mol. The lowest BCUT2D eigenvalue weighted by Crippen LogP contribution is -2.50. The highest BCUT2D eigenvalue weighted by Crippen LogP contribution is 2.40. The summed E-state index contributed by atoms with van der Waals surface area (Å²) in [6, 6.07) is 3.57. The number of halogens is 3. The maximum absolute atomic E-state index is 13.2. The molecule has 0 saturated heterocycles. The first-order valence-corrected chi connectivity index (χ1v) is 6.99. The van der Waals surface area contributed by atoms with E-state index in [-0.39, 0.29) is 6.04 Å². The lowest BCUT2D eigenvalue weighted by Gasteiger charge is -2.29. The normalized spacial score (nSPS) is 14.0. The highest BCUT2D eigenvalue weighted by molar-refractivity contribution is 5.92. The number of rotatable bonds is 4. The van der Waals surface area contributed by atoms with E-state index in [2.05, 4.69) is 10.1 Å². The zero-order valence-electron chi connectivity index (χ0n) is 13.6. The fraction of sp³-hybridized carbons (Fsp3) is 0.467. The zero-order valence-corrected chi connectivity index (χ0v) is 13.6. The van der Waals surface area contributed by atoms with Crippen molar-refractivity contribution in [2.24, 2.45) is 0 Å². The Morgan fingerprint density at radius 1 is 1.21 bits per heavy atom. The van der Waals surface area contributed by atoms with Gasteiger partial charge >= 0.3 is 18.2 Å². The van der Waals surface area contributed by atoms with Gasteiger partial charge in [-0.2, -0.15) is 13.2 Å². The SMILES string of the molecule is CNC(=O)N(c1ccc(C(O)(C(=O)OC)C(F)(F)F)cc1)C(C)C. The Hall–Kier alpha value is -2.29. The number of carbonyl (C=O) groups is 2. The molecule has 0 fully saturated rings. The molecule has 0 saturated carbocycles. The number of methoxy groups -OCH3 is 1. The summed E-state index contributed by atoms with van der Waals surface area (Å²) in [4.78, 5) is 24.7. The van der Waals surface area contributed by atoms with Crippen LogP contribution in [0.25, 0.3) is 0 Å². The highest BCUT2D eigenvalue weighted by atomic mass is 19.4. The Bertz CT molecular complexity index is 602. The number of carbonyl (C=O) groups excluding carboxylic acids is 2. The molecular weight excluding hydrogens is 329 g/mol. The molecule has 0 heterocycles. The molecule has 0 aliphatic rings. The molecule has 0 aliphatic heterocycles. The standard InChI is InChI=1S/C15H19F3N2O4/c1-9(2)20(13(22)19-3)11-7-5-10(6-8-11)14(23,12(21)24-4)15(16,17)18/h5-9,23H,1-4H3,(H,19,22). The smallest absolute Gasteiger partial charge is 0.432 e. The summed E-state index contributed by atoms with van der Waals surface area (Å²) >= 11 is 0. The molecule has 1 aromatic rings. The molecule has 0 radical (unpaired) electrons. The van der Waals surface area contributed by atoms with E-state index in [0.29, 0.717) is 5.69 Å². The topological polar surface area (TPSA) is 78.9 Å². The number of anilines is 1. The molecule has 1 unspecified atom stereocenters. The summed E-state index contributed by atoms with van der Waals surface area (Å²) < 4.78 is 43.6. The molecule has 0 spiro atoms. The second-order valence-electron chi connectivity index (χ2n) is 5.27. The Kier molecular flexibility index (Phi) is 5.83. The number of alkyl halides is 3. The van der Waals surface area contributed by atoms with Gasteiger partial charge < -0.3 is 15.2 Å². The third-order valence-electron chi connectivity index (χ3n) is 3.40. The minimum absolute atomic E-state index is 0.266. The summed E-state index contributed by atoms with van der Waals surface area (Å²) in [7, 11) is 2.17. The van der Waals surface area contributed by atoms with E-state index in [9.17, 15) is 27.9 Å². The number of nitrogens with one attached hydrogen (secondary N) is 1. The molecule has 1 aromatic carbocycles. The van der Waals surface area contributed by atoms with Gasteiger partial charge in [0.2, 0.25) is 0 Å². The van der Waals surface area contributed by atoms with Crippen LogP contribution in [0.5, 0.6) is 0 Å². The zero-order chi connectivity index (χ0) is 18.7. The first-order valence-electron chi connectivity index (χ1n) is 6.99. The molecule has 1 atom stereocenters. The quantitative estimate of drug-likeness (QED) is 0.818. The predicted octanol–water partition coefficient (Wildman–Crippen LogP) is 2.16. The molecule has 0 bridgehead atoms.